The SMILES string of the molecule is COCC(=O)N1CCCC[C@H]1c1ccc(F)cc1. The molecule has 1 fully saturated rings. The van der Waals surface area contributed by atoms with Gasteiger partial charge in [-0.3, -0.25) is 4.79 Å². The highest BCUT2D eigenvalue weighted by molar-refractivity contribution is 5.78. The van der Waals surface area contributed by atoms with Gasteiger partial charge in [-0.15, -0.1) is 0 Å². The Hall–Kier alpha value is -1.42. The molecule has 1 amide bonds. The van der Waals surface area contributed by atoms with Gasteiger partial charge in [-0.05, 0) is 37.0 Å². The van der Waals surface area contributed by atoms with E-state index in [-0.39, 0.29) is 24.4 Å². The van der Waals surface area contributed by atoms with Crippen molar-refractivity contribution in [2.45, 2.75) is 25.3 Å². The van der Waals surface area contributed by atoms with Crippen LogP contribution < -0.4 is 0 Å². The van der Waals surface area contributed by atoms with Gasteiger partial charge in [0, 0.05) is 13.7 Å². The monoisotopic (exact) mass is 251 g/mol. The quantitative estimate of drug-likeness (QED) is 0.826. The molecule has 0 bridgehead atoms. The highest BCUT2D eigenvalue weighted by Crippen LogP contribution is 2.30. The third-order valence-electron chi connectivity index (χ3n) is 3.35. The molecule has 1 aliphatic rings. The van der Waals surface area contributed by atoms with Crippen molar-refractivity contribution in [3.63, 3.8) is 0 Å². The highest BCUT2D eigenvalue weighted by atomic mass is 19.1. The number of carbonyl (C=O) groups is 1. The van der Waals surface area contributed by atoms with Crippen molar-refractivity contribution in [3.8, 4) is 0 Å². The second-order valence-electron chi connectivity index (χ2n) is 4.58. The summed E-state index contributed by atoms with van der Waals surface area (Å²) in [5.74, 6) is -0.240. The summed E-state index contributed by atoms with van der Waals surface area (Å²) >= 11 is 0. The molecule has 4 heteroatoms. The number of likely N-dealkylation sites (tertiary alicyclic amines) is 1. The van der Waals surface area contributed by atoms with E-state index in [1.165, 1.54) is 19.2 Å². The number of hydrogen-bond donors (Lipinski definition) is 0. The maximum absolute atomic E-state index is 12.9. The second kappa shape index (κ2) is 5.96. The molecule has 18 heavy (non-hydrogen) atoms. The van der Waals surface area contributed by atoms with Gasteiger partial charge in [-0.2, -0.15) is 0 Å². The number of nitrogens with zero attached hydrogens (tertiary/aromatic N) is 1. The summed E-state index contributed by atoms with van der Waals surface area (Å²) in [4.78, 5) is 13.8. The molecule has 0 aromatic heterocycles. The van der Waals surface area contributed by atoms with Crippen LogP contribution in [0, 0.1) is 5.82 Å². The molecule has 2 rings (SSSR count). The fraction of sp³-hybridized carbons (Fsp3) is 0.500. The van der Waals surface area contributed by atoms with E-state index in [0.717, 1.165) is 31.4 Å². The van der Waals surface area contributed by atoms with Crippen LogP contribution in [0.5, 0.6) is 0 Å². The molecule has 1 aromatic rings. The van der Waals surface area contributed by atoms with Gasteiger partial charge < -0.3 is 9.64 Å². The number of halogens is 1. The molecule has 3 nitrogen and oxygen atoms in total. The Kier molecular flexibility index (Phi) is 4.31. The summed E-state index contributed by atoms with van der Waals surface area (Å²) in [6.45, 7) is 0.863. The summed E-state index contributed by atoms with van der Waals surface area (Å²) < 4.78 is 17.8. The van der Waals surface area contributed by atoms with Gasteiger partial charge in [0.1, 0.15) is 12.4 Å². The molecule has 1 atom stereocenters. The van der Waals surface area contributed by atoms with Gasteiger partial charge in [0.05, 0.1) is 6.04 Å². The van der Waals surface area contributed by atoms with Crippen LogP contribution in [0.4, 0.5) is 4.39 Å². The molecule has 0 radical (unpaired) electrons. The Labute approximate surface area is 107 Å². The Morgan fingerprint density at radius 3 is 2.78 bits per heavy atom. The van der Waals surface area contributed by atoms with Crippen molar-refractivity contribution < 1.29 is 13.9 Å². The topological polar surface area (TPSA) is 29.5 Å². The fourth-order valence-electron chi connectivity index (χ4n) is 2.47. The largest absolute Gasteiger partial charge is 0.375 e. The Morgan fingerprint density at radius 2 is 2.11 bits per heavy atom. The zero-order valence-electron chi connectivity index (χ0n) is 10.6. The van der Waals surface area contributed by atoms with Gasteiger partial charge in [0.25, 0.3) is 0 Å². The van der Waals surface area contributed by atoms with Crippen LogP contribution in [0.3, 0.4) is 0 Å². The number of ether oxygens (including phenoxy) is 1. The lowest BCUT2D eigenvalue weighted by molar-refractivity contribution is -0.139. The molecule has 0 aliphatic carbocycles. The summed E-state index contributed by atoms with van der Waals surface area (Å²) in [5.41, 5.74) is 1.00. The Morgan fingerprint density at radius 1 is 1.39 bits per heavy atom. The number of benzene rings is 1. The lowest BCUT2D eigenvalue weighted by Crippen LogP contribution is -2.40. The van der Waals surface area contributed by atoms with E-state index in [1.807, 2.05) is 4.90 Å². The average molecular weight is 251 g/mol. The maximum atomic E-state index is 12.9. The van der Waals surface area contributed by atoms with Gasteiger partial charge in [0.15, 0.2) is 0 Å². The van der Waals surface area contributed by atoms with Crippen molar-refractivity contribution in [1.29, 1.82) is 0 Å². The number of methoxy groups -OCH3 is 1. The van der Waals surface area contributed by atoms with Crippen molar-refractivity contribution in [2.75, 3.05) is 20.3 Å². The van der Waals surface area contributed by atoms with Crippen LogP contribution in [0.2, 0.25) is 0 Å². The fourth-order valence-corrected chi connectivity index (χ4v) is 2.47. The van der Waals surface area contributed by atoms with Crippen LogP contribution in [0.25, 0.3) is 0 Å². The number of rotatable bonds is 3. The van der Waals surface area contributed by atoms with E-state index in [1.54, 1.807) is 12.1 Å². The summed E-state index contributed by atoms with van der Waals surface area (Å²) in [6, 6.07) is 6.48. The zero-order valence-corrected chi connectivity index (χ0v) is 10.6. The standard InChI is InChI=1S/C14H18FNO2/c1-18-10-14(17)16-9-3-2-4-13(16)11-5-7-12(15)8-6-11/h5-8,13H,2-4,9-10H2,1H3/t13-/m0/s1. The highest BCUT2D eigenvalue weighted by Gasteiger charge is 2.27. The molecular weight excluding hydrogens is 233 g/mol. The van der Waals surface area contributed by atoms with Crippen LogP contribution in [-0.2, 0) is 9.53 Å². The van der Waals surface area contributed by atoms with E-state index >= 15 is 0 Å². The summed E-state index contributed by atoms with van der Waals surface area (Å²) in [7, 11) is 1.52. The third-order valence-corrected chi connectivity index (χ3v) is 3.35. The predicted molar refractivity (Wildman–Crippen MR) is 66.6 cm³/mol. The minimum atomic E-state index is -0.246. The molecule has 0 unspecified atom stereocenters. The van der Waals surface area contributed by atoms with Crippen molar-refractivity contribution >= 4 is 5.91 Å². The molecule has 1 aliphatic heterocycles. The van der Waals surface area contributed by atoms with Crippen LogP contribution in [0.1, 0.15) is 30.9 Å². The molecule has 1 saturated heterocycles. The van der Waals surface area contributed by atoms with Crippen molar-refractivity contribution in [1.82, 2.24) is 4.90 Å². The first-order chi connectivity index (χ1) is 8.72. The van der Waals surface area contributed by atoms with E-state index in [2.05, 4.69) is 0 Å². The normalized spacial score (nSPS) is 19.9. The average Bonchev–Trinajstić information content (AvgIpc) is 2.40. The molecule has 0 saturated carbocycles. The van der Waals surface area contributed by atoms with Crippen molar-refractivity contribution in [3.05, 3.63) is 35.6 Å². The Balaban J connectivity index is 2.17. The van der Waals surface area contributed by atoms with Crippen molar-refractivity contribution in [2.24, 2.45) is 0 Å². The van der Waals surface area contributed by atoms with E-state index < -0.39 is 0 Å². The first-order valence-electron chi connectivity index (χ1n) is 6.26. The van der Waals surface area contributed by atoms with E-state index in [9.17, 15) is 9.18 Å². The molecular formula is C14H18FNO2. The first kappa shape index (κ1) is 13.0. The first-order valence-corrected chi connectivity index (χ1v) is 6.26. The molecule has 1 heterocycles. The van der Waals surface area contributed by atoms with Gasteiger partial charge in [-0.25, -0.2) is 4.39 Å². The van der Waals surface area contributed by atoms with Crippen LogP contribution in [-0.4, -0.2) is 31.1 Å². The molecule has 1 aromatic carbocycles. The molecule has 0 N–H and O–H groups in total. The number of hydrogen-bond acceptors (Lipinski definition) is 2. The minimum absolute atomic E-state index is 0.00604. The minimum Gasteiger partial charge on any atom is -0.375 e. The number of amides is 1. The lowest BCUT2D eigenvalue weighted by atomic mass is 9.95. The number of carbonyl (C=O) groups excluding carboxylic acids is 1. The van der Waals surface area contributed by atoms with Gasteiger partial charge >= 0.3 is 0 Å². The van der Waals surface area contributed by atoms with E-state index in [0.29, 0.717) is 0 Å². The van der Waals surface area contributed by atoms with Gasteiger partial charge in [0.2, 0.25) is 5.91 Å². The van der Waals surface area contributed by atoms with Crippen LogP contribution >= 0.6 is 0 Å². The number of piperidine rings is 1. The molecule has 0 spiro atoms. The lowest BCUT2D eigenvalue weighted by Gasteiger charge is -2.36. The van der Waals surface area contributed by atoms with Gasteiger partial charge in [-0.1, -0.05) is 12.1 Å². The Bertz CT molecular complexity index is 405. The van der Waals surface area contributed by atoms with Crippen LogP contribution in [0.15, 0.2) is 24.3 Å². The summed E-state index contributed by atoms with van der Waals surface area (Å²) in [5, 5.41) is 0. The molecule has 98 valence electrons. The summed E-state index contributed by atoms with van der Waals surface area (Å²) in [6.07, 6.45) is 3.05. The maximum Gasteiger partial charge on any atom is 0.249 e. The smallest absolute Gasteiger partial charge is 0.249 e. The predicted octanol–water partition coefficient (Wildman–Crippen LogP) is 2.53. The second-order valence-corrected chi connectivity index (χ2v) is 4.58. The third kappa shape index (κ3) is 2.88. The van der Waals surface area contributed by atoms with E-state index in [4.69, 9.17) is 4.74 Å². The zero-order chi connectivity index (χ0) is 13.0.